The summed E-state index contributed by atoms with van der Waals surface area (Å²) in [6, 6.07) is 0.974. The standard InChI is InChI=1S/C15H18F3NO5/c1-3-23-14(20)10-8-11(24-9-4-6-22-7-5-9)12(15(16,17)18)19-13(10)21-2/h8-9H,3-7H2,1-2H3. The smallest absolute Gasteiger partial charge is 0.437 e. The molecule has 0 aromatic carbocycles. The maximum absolute atomic E-state index is 13.3. The molecule has 0 saturated carbocycles. The van der Waals surface area contributed by atoms with E-state index in [2.05, 4.69) is 4.98 Å². The Morgan fingerprint density at radius 3 is 2.58 bits per heavy atom. The lowest BCUT2D eigenvalue weighted by atomic mass is 10.1. The Bertz CT molecular complexity index is 585. The van der Waals surface area contributed by atoms with E-state index in [9.17, 15) is 18.0 Å². The van der Waals surface area contributed by atoms with Crippen molar-refractivity contribution < 1.29 is 36.9 Å². The summed E-state index contributed by atoms with van der Waals surface area (Å²) < 4.78 is 60.0. The van der Waals surface area contributed by atoms with Crippen LogP contribution in [0.15, 0.2) is 6.07 Å². The van der Waals surface area contributed by atoms with Gasteiger partial charge in [-0.2, -0.15) is 13.2 Å². The highest BCUT2D eigenvalue weighted by Gasteiger charge is 2.39. The number of carbonyl (C=O) groups excluding carboxylic acids is 1. The van der Waals surface area contributed by atoms with Gasteiger partial charge in [0.2, 0.25) is 5.88 Å². The van der Waals surface area contributed by atoms with Gasteiger partial charge in [-0.3, -0.25) is 0 Å². The minimum Gasteiger partial charge on any atom is -0.488 e. The van der Waals surface area contributed by atoms with Gasteiger partial charge >= 0.3 is 12.1 Å². The van der Waals surface area contributed by atoms with Crippen molar-refractivity contribution in [2.45, 2.75) is 32.0 Å². The van der Waals surface area contributed by atoms with E-state index in [0.717, 1.165) is 13.2 Å². The number of pyridine rings is 1. The van der Waals surface area contributed by atoms with Crippen LogP contribution < -0.4 is 9.47 Å². The first-order chi connectivity index (χ1) is 11.4. The quantitative estimate of drug-likeness (QED) is 0.762. The van der Waals surface area contributed by atoms with E-state index >= 15 is 0 Å². The molecule has 2 heterocycles. The van der Waals surface area contributed by atoms with E-state index in [1.807, 2.05) is 0 Å². The maximum atomic E-state index is 13.3. The average Bonchev–Trinajstić information content (AvgIpc) is 2.54. The molecule has 2 rings (SSSR count). The molecule has 1 aromatic rings. The number of aromatic nitrogens is 1. The average molecular weight is 349 g/mol. The fraction of sp³-hybridized carbons (Fsp3) is 0.600. The van der Waals surface area contributed by atoms with Gasteiger partial charge in [0.1, 0.15) is 11.7 Å². The first-order valence-electron chi connectivity index (χ1n) is 7.44. The van der Waals surface area contributed by atoms with E-state index in [4.69, 9.17) is 18.9 Å². The van der Waals surface area contributed by atoms with Crippen LogP contribution in [0, 0.1) is 0 Å². The summed E-state index contributed by atoms with van der Waals surface area (Å²) in [6.45, 7) is 2.46. The van der Waals surface area contributed by atoms with E-state index in [1.54, 1.807) is 6.92 Å². The summed E-state index contributed by atoms with van der Waals surface area (Å²) >= 11 is 0. The van der Waals surface area contributed by atoms with Gasteiger partial charge in [-0.05, 0) is 6.92 Å². The Morgan fingerprint density at radius 2 is 2.04 bits per heavy atom. The lowest BCUT2D eigenvalue weighted by molar-refractivity contribution is -0.143. The minimum atomic E-state index is -4.75. The lowest BCUT2D eigenvalue weighted by Gasteiger charge is -2.25. The fourth-order valence-corrected chi connectivity index (χ4v) is 2.26. The van der Waals surface area contributed by atoms with Gasteiger partial charge in [-0.15, -0.1) is 0 Å². The molecule has 0 amide bonds. The molecule has 0 spiro atoms. The normalized spacial score (nSPS) is 15.9. The van der Waals surface area contributed by atoms with Crippen LogP contribution in [0.3, 0.4) is 0 Å². The van der Waals surface area contributed by atoms with Crippen molar-refractivity contribution in [3.8, 4) is 11.6 Å². The summed E-state index contributed by atoms with van der Waals surface area (Å²) in [5.74, 6) is -1.80. The van der Waals surface area contributed by atoms with Crippen LogP contribution in [0.1, 0.15) is 35.8 Å². The monoisotopic (exact) mass is 349 g/mol. The molecule has 0 unspecified atom stereocenters. The zero-order valence-corrected chi connectivity index (χ0v) is 13.3. The Balaban J connectivity index is 2.43. The molecule has 6 nitrogen and oxygen atoms in total. The third-order valence-corrected chi connectivity index (χ3v) is 3.37. The van der Waals surface area contributed by atoms with Crippen molar-refractivity contribution >= 4 is 5.97 Å². The van der Waals surface area contributed by atoms with Gasteiger partial charge in [0.05, 0.1) is 26.9 Å². The summed E-state index contributed by atoms with van der Waals surface area (Å²) in [4.78, 5) is 15.4. The highest BCUT2D eigenvalue weighted by molar-refractivity contribution is 5.92. The SMILES string of the molecule is CCOC(=O)c1cc(OC2CCOCC2)c(C(F)(F)F)nc1OC. The third kappa shape index (κ3) is 4.28. The number of ether oxygens (including phenoxy) is 4. The number of esters is 1. The maximum Gasteiger partial charge on any atom is 0.437 e. The topological polar surface area (TPSA) is 66.9 Å². The largest absolute Gasteiger partial charge is 0.488 e. The molecule has 1 aliphatic heterocycles. The second kappa shape index (κ2) is 7.69. The molecule has 24 heavy (non-hydrogen) atoms. The predicted molar refractivity (Wildman–Crippen MR) is 76.2 cm³/mol. The second-order valence-electron chi connectivity index (χ2n) is 5.04. The predicted octanol–water partition coefficient (Wildman–Crippen LogP) is 2.84. The number of alkyl halides is 3. The van der Waals surface area contributed by atoms with Crippen LogP contribution in [0.2, 0.25) is 0 Å². The van der Waals surface area contributed by atoms with Gasteiger partial charge in [-0.1, -0.05) is 0 Å². The minimum absolute atomic E-state index is 0.0686. The number of rotatable bonds is 5. The van der Waals surface area contributed by atoms with Crippen LogP contribution in [-0.4, -0.2) is 44.0 Å². The highest BCUT2D eigenvalue weighted by Crippen LogP contribution is 2.38. The molecule has 1 saturated heterocycles. The summed E-state index contributed by atoms with van der Waals surface area (Å²) in [7, 11) is 1.13. The molecule has 0 aliphatic carbocycles. The van der Waals surface area contributed by atoms with Gasteiger partial charge < -0.3 is 18.9 Å². The van der Waals surface area contributed by atoms with Crippen molar-refractivity contribution in [1.82, 2.24) is 4.98 Å². The molecule has 134 valence electrons. The Kier molecular flexibility index (Phi) is 5.87. The first-order valence-corrected chi connectivity index (χ1v) is 7.44. The van der Waals surface area contributed by atoms with Crippen LogP contribution in [0.25, 0.3) is 0 Å². The summed E-state index contributed by atoms with van der Waals surface area (Å²) in [5, 5.41) is 0. The van der Waals surface area contributed by atoms with Crippen molar-refractivity contribution in [2.24, 2.45) is 0 Å². The Hall–Kier alpha value is -2.03. The van der Waals surface area contributed by atoms with E-state index < -0.39 is 35.6 Å². The first kappa shape index (κ1) is 18.3. The number of hydrogen-bond acceptors (Lipinski definition) is 6. The molecular weight excluding hydrogens is 331 g/mol. The summed E-state index contributed by atoms with van der Waals surface area (Å²) in [5.41, 5.74) is -1.45. The number of halogens is 3. The zero-order chi connectivity index (χ0) is 17.7. The molecule has 1 aliphatic rings. The molecule has 0 atom stereocenters. The number of hydrogen-bond donors (Lipinski definition) is 0. The van der Waals surface area contributed by atoms with E-state index in [1.165, 1.54) is 0 Å². The molecule has 1 aromatic heterocycles. The highest BCUT2D eigenvalue weighted by atomic mass is 19.4. The van der Waals surface area contributed by atoms with E-state index in [-0.39, 0.29) is 12.2 Å². The van der Waals surface area contributed by atoms with Gasteiger partial charge in [0.15, 0.2) is 11.4 Å². The van der Waals surface area contributed by atoms with Crippen LogP contribution >= 0.6 is 0 Å². The lowest BCUT2D eigenvalue weighted by Crippen LogP contribution is -2.27. The van der Waals surface area contributed by atoms with Crippen LogP contribution in [0.5, 0.6) is 11.6 Å². The number of nitrogens with zero attached hydrogens (tertiary/aromatic N) is 1. The Labute approximate surface area is 136 Å². The molecule has 9 heteroatoms. The Morgan fingerprint density at radius 1 is 1.38 bits per heavy atom. The van der Waals surface area contributed by atoms with E-state index in [0.29, 0.717) is 26.1 Å². The van der Waals surface area contributed by atoms with Crippen molar-refractivity contribution in [2.75, 3.05) is 26.9 Å². The van der Waals surface area contributed by atoms with Gasteiger partial charge in [0.25, 0.3) is 0 Å². The van der Waals surface area contributed by atoms with Crippen molar-refractivity contribution in [3.63, 3.8) is 0 Å². The van der Waals surface area contributed by atoms with Crippen molar-refractivity contribution in [3.05, 3.63) is 17.3 Å². The van der Waals surface area contributed by atoms with Gasteiger partial charge in [0, 0.05) is 18.9 Å². The van der Waals surface area contributed by atoms with Gasteiger partial charge in [-0.25, -0.2) is 9.78 Å². The molecule has 1 fully saturated rings. The summed E-state index contributed by atoms with van der Waals surface area (Å²) in [6.07, 6.45) is -4.28. The number of methoxy groups -OCH3 is 1. The third-order valence-electron chi connectivity index (χ3n) is 3.37. The zero-order valence-electron chi connectivity index (χ0n) is 13.3. The van der Waals surface area contributed by atoms with Crippen LogP contribution in [0.4, 0.5) is 13.2 Å². The molecular formula is C15H18F3NO5. The molecule has 0 radical (unpaired) electrons. The molecule has 0 N–H and O–H groups in total. The molecule has 0 bridgehead atoms. The fourth-order valence-electron chi connectivity index (χ4n) is 2.26. The second-order valence-corrected chi connectivity index (χ2v) is 5.04. The number of carbonyl (C=O) groups is 1. The van der Waals surface area contributed by atoms with Crippen molar-refractivity contribution in [1.29, 1.82) is 0 Å². The van der Waals surface area contributed by atoms with Crippen LogP contribution in [-0.2, 0) is 15.7 Å².